The molecule has 0 spiro atoms. The van der Waals surface area contributed by atoms with Crippen LogP contribution >= 0.6 is 22.6 Å². The summed E-state index contributed by atoms with van der Waals surface area (Å²) in [4.78, 5) is 14.0. The molecule has 0 atom stereocenters. The first-order chi connectivity index (χ1) is 15.3. The molecule has 0 bridgehead atoms. The van der Waals surface area contributed by atoms with Crippen molar-refractivity contribution in [2.24, 2.45) is 0 Å². The number of aromatic nitrogens is 3. The molecule has 5 aromatic rings. The van der Waals surface area contributed by atoms with Gasteiger partial charge >= 0.3 is 0 Å². The summed E-state index contributed by atoms with van der Waals surface area (Å²) in [6.45, 7) is 0. The second-order valence-electron chi connectivity index (χ2n) is 7.15. The number of benzene rings is 4. The Hall–Kier alpha value is -3.38. The Morgan fingerprint density at radius 2 is 0.774 bits per heavy atom. The van der Waals surface area contributed by atoms with Crippen molar-refractivity contribution in [3.05, 3.63) is 113 Å². The normalized spacial score (nSPS) is 10.7. The first-order valence-corrected chi connectivity index (χ1v) is 11.1. The van der Waals surface area contributed by atoms with E-state index in [0.717, 1.165) is 22.3 Å². The van der Waals surface area contributed by atoms with E-state index in [2.05, 4.69) is 81.1 Å². The number of nitrogens with zero attached hydrogens (tertiary/aromatic N) is 3. The minimum Gasteiger partial charge on any atom is -0.208 e. The Morgan fingerprint density at radius 3 is 1.23 bits per heavy atom. The van der Waals surface area contributed by atoms with Gasteiger partial charge in [0.25, 0.3) is 0 Å². The molecule has 4 aromatic carbocycles. The zero-order chi connectivity index (χ0) is 21.0. The Labute approximate surface area is 195 Å². The molecule has 0 amide bonds. The van der Waals surface area contributed by atoms with Crippen LogP contribution in [0.2, 0.25) is 0 Å². The van der Waals surface area contributed by atoms with Crippen molar-refractivity contribution in [2.75, 3.05) is 0 Å². The molecule has 4 heteroatoms. The van der Waals surface area contributed by atoms with E-state index in [1.807, 2.05) is 60.7 Å². The molecule has 148 valence electrons. The van der Waals surface area contributed by atoms with Crippen LogP contribution in [-0.2, 0) is 0 Å². The molecule has 0 unspecified atom stereocenters. The van der Waals surface area contributed by atoms with E-state index in [1.54, 1.807) is 0 Å². The van der Waals surface area contributed by atoms with Gasteiger partial charge in [0, 0.05) is 33.7 Å². The van der Waals surface area contributed by atoms with Crippen LogP contribution in [0.25, 0.3) is 45.0 Å². The second kappa shape index (κ2) is 8.78. The lowest BCUT2D eigenvalue weighted by atomic mass is 10.0. The molecule has 3 nitrogen and oxygen atoms in total. The smallest absolute Gasteiger partial charge is 0.194 e. The van der Waals surface area contributed by atoms with Gasteiger partial charge in [0.2, 0.25) is 0 Å². The highest BCUT2D eigenvalue weighted by molar-refractivity contribution is 14.1. The summed E-state index contributed by atoms with van der Waals surface area (Å²) in [7, 11) is 0. The lowest BCUT2D eigenvalue weighted by Gasteiger charge is -2.08. The zero-order valence-corrected chi connectivity index (χ0v) is 18.8. The van der Waals surface area contributed by atoms with Crippen LogP contribution in [0.15, 0.2) is 109 Å². The fraction of sp³-hybridized carbons (Fsp3) is 0. The van der Waals surface area contributed by atoms with E-state index >= 15 is 0 Å². The topological polar surface area (TPSA) is 38.7 Å². The Bertz CT molecular complexity index is 1230. The number of hydrogen-bond acceptors (Lipinski definition) is 3. The third-order valence-corrected chi connectivity index (χ3v) is 5.55. The molecule has 0 saturated carbocycles. The van der Waals surface area contributed by atoms with Gasteiger partial charge in [-0.25, -0.2) is 15.0 Å². The third kappa shape index (κ3) is 4.39. The molecule has 1 heterocycles. The van der Waals surface area contributed by atoms with Crippen molar-refractivity contribution in [2.45, 2.75) is 0 Å². The first kappa shape index (κ1) is 19.6. The summed E-state index contributed by atoms with van der Waals surface area (Å²) >= 11 is 2.16. The van der Waals surface area contributed by atoms with Gasteiger partial charge in [0.15, 0.2) is 15.5 Å². The van der Waals surface area contributed by atoms with Crippen LogP contribution in [0, 0.1) is 3.83 Å². The Kier molecular flexibility index (Phi) is 5.54. The predicted octanol–water partition coefficient (Wildman–Crippen LogP) is 7.14. The third-order valence-electron chi connectivity index (χ3n) is 5.06. The van der Waals surface area contributed by atoms with Gasteiger partial charge in [0.1, 0.15) is 0 Å². The average molecular weight is 511 g/mol. The molecule has 1 aromatic heterocycles. The molecule has 0 aliphatic rings. The van der Waals surface area contributed by atoms with Crippen molar-refractivity contribution in [1.82, 2.24) is 15.0 Å². The maximum absolute atomic E-state index is 4.82. The fourth-order valence-electron chi connectivity index (χ4n) is 3.55. The quantitative estimate of drug-likeness (QED) is 0.241. The van der Waals surface area contributed by atoms with E-state index in [0.29, 0.717) is 15.5 Å². The molecule has 0 fully saturated rings. The highest BCUT2D eigenvalue weighted by Crippen LogP contribution is 2.28. The van der Waals surface area contributed by atoms with Crippen molar-refractivity contribution < 1.29 is 0 Å². The van der Waals surface area contributed by atoms with Crippen LogP contribution in [0.3, 0.4) is 0 Å². The van der Waals surface area contributed by atoms with Crippen molar-refractivity contribution >= 4 is 22.6 Å². The Balaban J connectivity index is 1.56. The highest BCUT2D eigenvalue weighted by Gasteiger charge is 2.11. The zero-order valence-electron chi connectivity index (χ0n) is 16.6. The summed E-state index contributed by atoms with van der Waals surface area (Å²) in [6, 6.07) is 37.3. The van der Waals surface area contributed by atoms with Crippen molar-refractivity contribution in [3.63, 3.8) is 0 Å². The summed E-state index contributed by atoms with van der Waals surface area (Å²) in [5.41, 5.74) is 6.57. The summed E-state index contributed by atoms with van der Waals surface area (Å²) in [6.07, 6.45) is 0. The minimum absolute atomic E-state index is 0.674. The Morgan fingerprint density at radius 1 is 0.387 bits per heavy atom. The van der Waals surface area contributed by atoms with Gasteiger partial charge in [-0.2, -0.15) is 0 Å². The lowest BCUT2D eigenvalue weighted by Crippen LogP contribution is -1.99. The van der Waals surface area contributed by atoms with Crippen LogP contribution in [0.5, 0.6) is 0 Å². The van der Waals surface area contributed by atoms with Gasteiger partial charge in [-0.1, -0.05) is 97.1 Å². The fourth-order valence-corrected chi connectivity index (χ4v) is 4.00. The first-order valence-electron chi connectivity index (χ1n) is 9.99. The number of rotatable bonds is 4. The molecule has 5 rings (SSSR count). The molecule has 0 aliphatic heterocycles. The van der Waals surface area contributed by atoms with Gasteiger partial charge in [0.05, 0.1) is 0 Å². The molecular weight excluding hydrogens is 493 g/mol. The van der Waals surface area contributed by atoms with Crippen molar-refractivity contribution in [3.8, 4) is 45.0 Å². The number of hydrogen-bond donors (Lipinski definition) is 0. The molecule has 31 heavy (non-hydrogen) atoms. The summed E-state index contributed by atoms with van der Waals surface area (Å²) in [5.74, 6) is 1.36. The highest BCUT2D eigenvalue weighted by atomic mass is 127. The maximum atomic E-state index is 4.82. The molecule has 0 radical (unpaired) electrons. The van der Waals surface area contributed by atoms with Crippen LogP contribution in [0.4, 0.5) is 0 Å². The number of halogens is 1. The predicted molar refractivity (Wildman–Crippen MR) is 134 cm³/mol. The maximum Gasteiger partial charge on any atom is 0.194 e. The summed E-state index contributed by atoms with van der Waals surface area (Å²) < 4.78 is 0.674. The van der Waals surface area contributed by atoms with Gasteiger partial charge in [-0.05, 0) is 34.4 Å². The molecule has 0 aliphatic carbocycles. The lowest BCUT2D eigenvalue weighted by molar-refractivity contribution is 1.02. The molecular formula is C27H18IN3. The van der Waals surface area contributed by atoms with E-state index in [4.69, 9.17) is 4.98 Å². The second-order valence-corrected chi connectivity index (χ2v) is 8.11. The average Bonchev–Trinajstić information content (AvgIpc) is 2.85. The van der Waals surface area contributed by atoms with Crippen LogP contribution in [-0.4, -0.2) is 15.0 Å². The van der Waals surface area contributed by atoms with E-state index < -0.39 is 0 Å². The van der Waals surface area contributed by atoms with Gasteiger partial charge in [-0.15, -0.1) is 0 Å². The van der Waals surface area contributed by atoms with E-state index in [1.165, 1.54) is 11.1 Å². The minimum atomic E-state index is 0.674. The van der Waals surface area contributed by atoms with Crippen LogP contribution in [0.1, 0.15) is 0 Å². The van der Waals surface area contributed by atoms with E-state index in [-0.39, 0.29) is 0 Å². The van der Waals surface area contributed by atoms with Gasteiger partial charge < -0.3 is 0 Å². The van der Waals surface area contributed by atoms with Crippen LogP contribution < -0.4 is 0 Å². The standard InChI is InChI=1S/C27H18IN3/c28-27-30-25(23-15-7-13-21(17-23)19-9-3-1-4-10-19)29-26(31-27)24-16-8-14-22(18-24)20-11-5-2-6-12-20/h1-18H. The van der Waals surface area contributed by atoms with Gasteiger partial charge in [-0.3, -0.25) is 0 Å². The molecule has 0 saturated heterocycles. The SMILES string of the molecule is Ic1nc(-c2cccc(-c3ccccc3)c2)nc(-c2cccc(-c3ccccc3)c2)n1. The van der Waals surface area contributed by atoms with E-state index in [9.17, 15) is 0 Å². The summed E-state index contributed by atoms with van der Waals surface area (Å²) in [5, 5.41) is 0. The van der Waals surface area contributed by atoms with Crippen molar-refractivity contribution in [1.29, 1.82) is 0 Å². The molecule has 0 N–H and O–H groups in total. The monoisotopic (exact) mass is 511 g/mol. The largest absolute Gasteiger partial charge is 0.208 e.